The lowest BCUT2D eigenvalue weighted by Gasteiger charge is -2.30. The number of hydrogen-bond donors (Lipinski definition) is 1. The molecule has 1 fully saturated rings. The van der Waals surface area contributed by atoms with Gasteiger partial charge in [-0.3, -0.25) is 0 Å². The Morgan fingerprint density at radius 3 is 2.78 bits per heavy atom. The number of nitrogens with one attached hydrogen (secondary N) is 1. The molecule has 0 bridgehead atoms. The van der Waals surface area contributed by atoms with E-state index in [0.29, 0.717) is 11.5 Å². The Hall–Kier alpha value is -1.12. The average Bonchev–Trinajstić information content (AvgIpc) is 3.02. The summed E-state index contributed by atoms with van der Waals surface area (Å²) in [4.78, 5) is 1.52. The first-order chi connectivity index (χ1) is 8.79. The van der Waals surface area contributed by atoms with E-state index in [4.69, 9.17) is 0 Å². The summed E-state index contributed by atoms with van der Waals surface area (Å²) in [5.74, 6) is 0. The fourth-order valence-corrected chi connectivity index (χ4v) is 3.93. The van der Waals surface area contributed by atoms with Gasteiger partial charge in [0.15, 0.2) is 0 Å². The molecule has 18 heavy (non-hydrogen) atoms. The zero-order chi connectivity index (χ0) is 12.4. The van der Waals surface area contributed by atoms with E-state index in [2.05, 4.69) is 60.1 Å². The zero-order valence-corrected chi connectivity index (χ0v) is 11.5. The first kappa shape index (κ1) is 11.9. The second kappa shape index (κ2) is 4.87. The molecule has 0 spiro atoms. The van der Waals surface area contributed by atoms with Gasteiger partial charge >= 0.3 is 0 Å². The monoisotopic (exact) mass is 257 g/mol. The minimum atomic E-state index is 0.296. The maximum atomic E-state index is 3.69. The molecule has 1 N–H and O–H groups in total. The predicted molar refractivity (Wildman–Crippen MR) is 78.2 cm³/mol. The van der Waals surface area contributed by atoms with E-state index in [1.165, 1.54) is 16.9 Å². The van der Waals surface area contributed by atoms with Crippen molar-refractivity contribution in [3.8, 4) is 0 Å². The van der Waals surface area contributed by atoms with E-state index in [1.54, 1.807) is 0 Å². The largest absolute Gasteiger partial charge is 0.313 e. The Morgan fingerprint density at radius 1 is 1.22 bits per heavy atom. The van der Waals surface area contributed by atoms with Gasteiger partial charge in [-0.15, -0.1) is 11.3 Å². The summed E-state index contributed by atoms with van der Waals surface area (Å²) in [5.41, 5.74) is 1.73. The summed E-state index contributed by atoms with van der Waals surface area (Å²) in [6.07, 6.45) is 2.36. The fourth-order valence-electron chi connectivity index (χ4n) is 2.95. The van der Waals surface area contributed by atoms with Gasteiger partial charge in [0, 0.05) is 16.3 Å². The van der Waals surface area contributed by atoms with E-state index < -0.39 is 0 Å². The van der Waals surface area contributed by atoms with Crippen molar-refractivity contribution < 1.29 is 0 Å². The third-order valence-electron chi connectivity index (χ3n) is 4.17. The minimum absolute atomic E-state index is 0.296. The molecule has 94 valence electrons. The molecule has 2 heteroatoms. The van der Waals surface area contributed by atoms with Crippen molar-refractivity contribution in [1.82, 2.24) is 5.32 Å². The summed E-state index contributed by atoms with van der Waals surface area (Å²) in [5, 5.41) is 5.88. The van der Waals surface area contributed by atoms with Crippen molar-refractivity contribution in [2.75, 3.05) is 6.54 Å². The first-order valence-electron chi connectivity index (χ1n) is 6.60. The second-order valence-electron chi connectivity index (χ2n) is 5.34. The number of hydrogen-bond acceptors (Lipinski definition) is 2. The summed E-state index contributed by atoms with van der Waals surface area (Å²) in [6, 6.07) is 15.8. The minimum Gasteiger partial charge on any atom is -0.313 e. The Morgan fingerprint density at radius 2 is 2.06 bits per heavy atom. The SMILES string of the molecule is CC1(c2cccs2)CCNC1Cc1ccccc1. The summed E-state index contributed by atoms with van der Waals surface area (Å²) < 4.78 is 0. The van der Waals surface area contributed by atoms with Gasteiger partial charge in [-0.1, -0.05) is 43.3 Å². The quantitative estimate of drug-likeness (QED) is 0.885. The molecule has 0 aliphatic carbocycles. The molecule has 2 heterocycles. The predicted octanol–water partition coefficient (Wildman–Crippen LogP) is 3.61. The highest BCUT2D eigenvalue weighted by molar-refractivity contribution is 7.10. The normalized spacial score (nSPS) is 27.5. The molecule has 1 saturated heterocycles. The molecule has 0 saturated carbocycles. The highest BCUT2D eigenvalue weighted by Gasteiger charge is 2.40. The smallest absolute Gasteiger partial charge is 0.0210 e. The molecule has 3 rings (SSSR count). The van der Waals surface area contributed by atoms with Crippen LogP contribution in [0, 0.1) is 0 Å². The van der Waals surface area contributed by atoms with Crippen LogP contribution in [0.2, 0.25) is 0 Å². The second-order valence-corrected chi connectivity index (χ2v) is 6.29. The zero-order valence-electron chi connectivity index (χ0n) is 10.7. The number of thiophene rings is 1. The number of benzene rings is 1. The third-order valence-corrected chi connectivity index (χ3v) is 5.32. The van der Waals surface area contributed by atoms with Crippen LogP contribution in [0.5, 0.6) is 0 Å². The van der Waals surface area contributed by atoms with Gasteiger partial charge in [-0.05, 0) is 36.4 Å². The highest BCUT2D eigenvalue weighted by Crippen LogP contribution is 2.38. The summed E-state index contributed by atoms with van der Waals surface area (Å²) >= 11 is 1.89. The van der Waals surface area contributed by atoms with Gasteiger partial charge in [0.25, 0.3) is 0 Å². The Balaban J connectivity index is 1.84. The molecule has 1 aliphatic rings. The molecule has 2 atom stereocenters. The standard InChI is InChI=1S/C16H19NS/c1-16(15-8-5-11-18-15)9-10-17-14(16)12-13-6-3-2-4-7-13/h2-8,11,14,17H,9-10,12H2,1H3. The van der Waals surface area contributed by atoms with Crippen molar-refractivity contribution in [3.05, 3.63) is 58.3 Å². The summed E-state index contributed by atoms with van der Waals surface area (Å²) in [7, 11) is 0. The molecular formula is C16H19NS. The van der Waals surface area contributed by atoms with Gasteiger partial charge in [0.2, 0.25) is 0 Å². The molecular weight excluding hydrogens is 238 g/mol. The van der Waals surface area contributed by atoms with Gasteiger partial charge in [0.1, 0.15) is 0 Å². The van der Waals surface area contributed by atoms with Crippen LogP contribution >= 0.6 is 11.3 Å². The van der Waals surface area contributed by atoms with Gasteiger partial charge in [-0.25, -0.2) is 0 Å². The first-order valence-corrected chi connectivity index (χ1v) is 7.48. The van der Waals surface area contributed by atoms with Crippen LogP contribution in [0.4, 0.5) is 0 Å². The molecule has 1 aliphatic heterocycles. The van der Waals surface area contributed by atoms with Crippen molar-refractivity contribution in [2.24, 2.45) is 0 Å². The molecule has 0 radical (unpaired) electrons. The van der Waals surface area contributed by atoms with E-state index in [0.717, 1.165) is 13.0 Å². The Kier molecular flexibility index (Phi) is 3.23. The van der Waals surface area contributed by atoms with Crippen LogP contribution < -0.4 is 5.32 Å². The average molecular weight is 257 g/mol. The molecule has 0 amide bonds. The Bertz CT molecular complexity index is 491. The lowest BCUT2D eigenvalue weighted by Crippen LogP contribution is -2.39. The van der Waals surface area contributed by atoms with Crippen LogP contribution in [-0.2, 0) is 11.8 Å². The van der Waals surface area contributed by atoms with Crippen LogP contribution in [0.25, 0.3) is 0 Å². The third kappa shape index (κ3) is 2.11. The van der Waals surface area contributed by atoms with Crippen LogP contribution in [0.3, 0.4) is 0 Å². The molecule has 1 aromatic heterocycles. The van der Waals surface area contributed by atoms with Gasteiger partial charge < -0.3 is 5.32 Å². The van der Waals surface area contributed by atoms with Crippen molar-refractivity contribution in [2.45, 2.75) is 31.2 Å². The molecule has 1 aromatic carbocycles. The summed E-state index contributed by atoms with van der Waals surface area (Å²) in [6.45, 7) is 3.54. The fraction of sp³-hybridized carbons (Fsp3) is 0.375. The Labute approximate surface area is 113 Å². The van der Waals surface area contributed by atoms with Crippen LogP contribution in [0.1, 0.15) is 23.8 Å². The topological polar surface area (TPSA) is 12.0 Å². The molecule has 2 unspecified atom stereocenters. The van der Waals surface area contributed by atoms with E-state index >= 15 is 0 Å². The van der Waals surface area contributed by atoms with Crippen molar-refractivity contribution in [3.63, 3.8) is 0 Å². The lowest BCUT2D eigenvalue weighted by atomic mass is 9.78. The maximum absolute atomic E-state index is 3.69. The highest BCUT2D eigenvalue weighted by atomic mass is 32.1. The van der Waals surface area contributed by atoms with E-state index in [1.807, 2.05) is 11.3 Å². The van der Waals surface area contributed by atoms with E-state index in [9.17, 15) is 0 Å². The van der Waals surface area contributed by atoms with Crippen LogP contribution in [-0.4, -0.2) is 12.6 Å². The van der Waals surface area contributed by atoms with E-state index in [-0.39, 0.29) is 0 Å². The van der Waals surface area contributed by atoms with Gasteiger partial charge in [0.05, 0.1) is 0 Å². The maximum Gasteiger partial charge on any atom is 0.0210 e. The van der Waals surface area contributed by atoms with Crippen molar-refractivity contribution >= 4 is 11.3 Å². The lowest BCUT2D eigenvalue weighted by molar-refractivity contribution is 0.407. The van der Waals surface area contributed by atoms with Gasteiger partial charge in [-0.2, -0.15) is 0 Å². The van der Waals surface area contributed by atoms with Crippen molar-refractivity contribution in [1.29, 1.82) is 0 Å². The molecule has 1 nitrogen and oxygen atoms in total. The molecule has 2 aromatic rings. The van der Waals surface area contributed by atoms with Crippen LogP contribution in [0.15, 0.2) is 47.8 Å². The number of rotatable bonds is 3.